The van der Waals surface area contributed by atoms with Crippen LogP contribution in [0.4, 0.5) is 0 Å². The van der Waals surface area contributed by atoms with Crippen LogP contribution in [0.2, 0.25) is 8.67 Å². The molecule has 0 spiro atoms. The minimum atomic E-state index is -1.02. The lowest BCUT2D eigenvalue weighted by Crippen LogP contribution is -2.22. The van der Waals surface area contributed by atoms with Crippen LogP contribution in [-0.2, 0) is 6.54 Å². The highest BCUT2D eigenvalue weighted by atomic mass is 35.5. The average Bonchev–Trinajstić information content (AvgIpc) is 2.89. The number of carboxylic acids is 1. The lowest BCUT2D eigenvalue weighted by molar-refractivity contribution is 0.0701. The number of carbonyl (C=O) groups excluding carboxylic acids is 1. The van der Waals surface area contributed by atoms with Crippen molar-refractivity contribution in [2.45, 2.75) is 13.5 Å². The van der Waals surface area contributed by atoms with Crippen LogP contribution in [0.3, 0.4) is 0 Å². The Morgan fingerprint density at radius 3 is 2.60 bits per heavy atom. The topological polar surface area (TPSA) is 79.3 Å². The molecule has 0 bridgehead atoms. The van der Waals surface area contributed by atoms with Crippen molar-refractivity contribution in [3.05, 3.63) is 35.9 Å². The van der Waals surface area contributed by atoms with E-state index in [1.807, 2.05) is 0 Å². The summed E-state index contributed by atoms with van der Waals surface area (Å²) in [4.78, 5) is 27.0. The molecular formula is C11H8Cl2N2O3S2. The van der Waals surface area contributed by atoms with Gasteiger partial charge in [0.2, 0.25) is 0 Å². The van der Waals surface area contributed by atoms with Gasteiger partial charge in [0.1, 0.15) is 14.2 Å². The van der Waals surface area contributed by atoms with Crippen molar-refractivity contribution in [1.82, 2.24) is 10.3 Å². The van der Waals surface area contributed by atoms with Crippen LogP contribution in [0, 0.1) is 6.92 Å². The number of amides is 1. The van der Waals surface area contributed by atoms with Gasteiger partial charge in [-0.05, 0) is 13.0 Å². The molecule has 106 valence electrons. The number of thiazole rings is 1. The largest absolute Gasteiger partial charge is 0.477 e. The van der Waals surface area contributed by atoms with Gasteiger partial charge in [0.05, 0.1) is 22.1 Å². The zero-order valence-corrected chi connectivity index (χ0v) is 13.2. The van der Waals surface area contributed by atoms with Gasteiger partial charge in [-0.1, -0.05) is 23.2 Å². The molecule has 9 heteroatoms. The molecule has 0 aliphatic rings. The smallest absolute Gasteiger partial charge is 0.347 e. The molecule has 0 saturated carbocycles. The number of halogens is 2. The van der Waals surface area contributed by atoms with Crippen LogP contribution in [0.1, 0.15) is 30.7 Å². The van der Waals surface area contributed by atoms with E-state index in [-0.39, 0.29) is 17.3 Å². The molecule has 2 aromatic rings. The summed E-state index contributed by atoms with van der Waals surface area (Å²) in [5.41, 5.74) is 0.733. The minimum Gasteiger partial charge on any atom is -0.477 e. The first-order valence-corrected chi connectivity index (χ1v) is 7.70. The molecule has 0 aromatic carbocycles. The van der Waals surface area contributed by atoms with Crippen LogP contribution >= 0.6 is 45.9 Å². The average molecular weight is 351 g/mol. The Hall–Kier alpha value is -1.15. The summed E-state index contributed by atoms with van der Waals surface area (Å²) >= 11 is 13.8. The zero-order valence-electron chi connectivity index (χ0n) is 10.1. The van der Waals surface area contributed by atoms with Gasteiger partial charge < -0.3 is 10.4 Å². The summed E-state index contributed by atoms with van der Waals surface area (Å²) in [6.45, 7) is 1.75. The lowest BCUT2D eigenvalue weighted by atomic mass is 10.3. The van der Waals surface area contributed by atoms with Crippen molar-refractivity contribution in [2.24, 2.45) is 0 Å². The molecule has 0 fully saturated rings. The minimum absolute atomic E-state index is 0.140. The van der Waals surface area contributed by atoms with E-state index in [1.165, 1.54) is 6.07 Å². The summed E-state index contributed by atoms with van der Waals surface area (Å²) in [5, 5.41) is 12.1. The van der Waals surface area contributed by atoms with E-state index in [1.54, 1.807) is 6.92 Å². The Kier molecular flexibility index (Phi) is 4.64. The van der Waals surface area contributed by atoms with E-state index in [0.717, 1.165) is 22.7 Å². The van der Waals surface area contributed by atoms with Crippen molar-refractivity contribution in [3.63, 3.8) is 0 Å². The number of thiophene rings is 1. The van der Waals surface area contributed by atoms with Gasteiger partial charge in [-0.3, -0.25) is 4.79 Å². The molecule has 0 radical (unpaired) electrons. The molecule has 0 aliphatic heterocycles. The van der Waals surface area contributed by atoms with Crippen molar-refractivity contribution >= 4 is 57.8 Å². The summed E-state index contributed by atoms with van der Waals surface area (Å²) in [6.07, 6.45) is 0. The summed E-state index contributed by atoms with van der Waals surface area (Å²) in [7, 11) is 0. The number of aromatic nitrogens is 1. The quantitative estimate of drug-likeness (QED) is 0.884. The third-order valence-electron chi connectivity index (χ3n) is 2.34. The maximum atomic E-state index is 11.9. The van der Waals surface area contributed by atoms with Crippen molar-refractivity contribution in [3.8, 4) is 0 Å². The molecular weight excluding hydrogens is 343 g/mol. The summed E-state index contributed by atoms with van der Waals surface area (Å²) in [5.74, 6) is -1.40. The Morgan fingerprint density at radius 2 is 2.10 bits per heavy atom. The molecule has 0 unspecified atom stereocenters. The third-order valence-corrected chi connectivity index (χ3v) is 4.97. The molecule has 2 rings (SSSR count). The number of aromatic carboxylic acids is 1. The molecule has 2 heterocycles. The highest BCUT2D eigenvalue weighted by Gasteiger charge is 2.17. The first-order valence-electron chi connectivity index (χ1n) is 5.31. The van der Waals surface area contributed by atoms with Crippen LogP contribution in [-0.4, -0.2) is 22.0 Å². The van der Waals surface area contributed by atoms with Gasteiger partial charge in [-0.25, -0.2) is 9.78 Å². The van der Waals surface area contributed by atoms with Crippen molar-refractivity contribution in [1.29, 1.82) is 0 Å². The van der Waals surface area contributed by atoms with Gasteiger partial charge in [-0.2, -0.15) is 0 Å². The van der Waals surface area contributed by atoms with Gasteiger partial charge in [0.15, 0.2) is 0 Å². The van der Waals surface area contributed by atoms with Gasteiger partial charge >= 0.3 is 5.97 Å². The number of nitrogens with zero attached hydrogens (tertiary/aromatic N) is 1. The number of carboxylic acid groups (broad SMARTS) is 1. The first kappa shape index (κ1) is 15.2. The van der Waals surface area contributed by atoms with E-state index >= 15 is 0 Å². The molecule has 0 saturated heterocycles. The van der Waals surface area contributed by atoms with Gasteiger partial charge in [0, 0.05) is 0 Å². The number of hydrogen-bond acceptors (Lipinski definition) is 5. The second kappa shape index (κ2) is 6.09. The van der Waals surface area contributed by atoms with E-state index < -0.39 is 5.97 Å². The van der Waals surface area contributed by atoms with Crippen LogP contribution in [0.5, 0.6) is 0 Å². The molecule has 0 aliphatic carbocycles. The predicted octanol–water partition coefficient (Wildman–Crippen LogP) is 3.45. The molecule has 20 heavy (non-hydrogen) atoms. The fourth-order valence-electron chi connectivity index (χ4n) is 1.47. The van der Waals surface area contributed by atoms with Crippen molar-refractivity contribution in [2.75, 3.05) is 0 Å². The maximum Gasteiger partial charge on any atom is 0.347 e. The molecule has 1 amide bonds. The SMILES string of the molecule is Cc1nc(CNC(=O)c2cc(Cl)sc2Cl)sc1C(=O)O. The van der Waals surface area contributed by atoms with E-state index in [0.29, 0.717) is 24.9 Å². The van der Waals surface area contributed by atoms with Crippen LogP contribution < -0.4 is 5.32 Å². The normalized spacial score (nSPS) is 10.6. The third kappa shape index (κ3) is 3.29. The highest BCUT2D eigenvalue weighted by molar-refractivity contribution is 7.20. The number of aryl methyl sites for hydroxylation is 1. The molecule has 0 atom stereocenters. The predicted molar refractivity (Wildman–Crippen MR) is 79.3 cm³/mol. The molecule has 2 N–H and O–H groups in total. The van der Waals surface area contributed by atoms with E-state index in [9.17, 15) is 9.59 Å². The highest BCUT2D eigenvalue weighted by Crippen LogP contribution is 2.31. The van der Waals surface area contributed by atoms with Crippen LogP contribution in [0.25, 0.3) is 0 Å². The van der Waals surface area contributed by atoms with Crippen molar-refractivity contribution < 1.29 is 14.7 Å². The Balaban J connectivity index is 2.05. The number of rotatable bonds is 4. The van der Waals surface area contributed by atoms with E-state index in [4.69, 9.17) is 28.3 Å². The monoisotopic (exact) mass is 350 g/mol. The Labute approximate surface area is 132 Å². The number of nitrogens with one attached hydrogen (secondary N) is 1. The molecule has 5 nitrogen and oxygen atoms in total. The standard InChI is InChI=1S/C11H8Cl2N2O3S2/c1-4-8(11(17)18)20-7(15-4)3-14-10(16)5-2-6(12)19-9(5)13/h2H,3H2,1H3,(H,14,16)(H,17,18). The van der Waals surface area contributed by atoms with Crippen LogP contribution in [0.15, 0.2) is 6.07 Å². The van der Waals surface area contributed by atoms with Gasteiger partial charge in [0.25, 0.3) is 5.91 Å². The second-order valence-corrected chi connectivity index (χ2v) is 7.12. The maximum absolute atomic E-state index is 11.9. The van der Waals surface area contributed by atoms with Gasteiger partial charge in [-0.15, -0.1) is 22.7 Å². The second-order valence-electron chi connectivity index (χ2n) is 3.75. The number of hydrogen-bond donors (Lipinski definition) is 2. The first-order chi connectivity index (χ1) is 9.38. The fraction of sp³-hybridized carbons (Fsp3) is 0.182. The number of carbonyl (C=O) groups is 2. The molecule has 2 aromatic heterocycles. The Morgan fingerprint density at radius 1 is 1.40 bits per heavy atom. The lowest BCUT2D eigenvalue weighted by Gasteiger charge is -2.01. The summed E-state index contributed by atoms with van der Waals surface area (Å²) in [6, 6.07) is 1.49. The zero-order chi connectivity index (χ0) is 14.9. The van der Waals surface area contributed by atoms with E-state index in [2.05, 4.69) is 10.3 Å². The Bertz CT molecular complexity index is 681. The fourth-order valence-corrected chi connectivity index (χ4v) is 3.77. The summed E-state index contributed by atoms with van der Waals surface area (Å²) < 4.78 is 0.743.